The lowest BCUT2D eigenvalue weighted by Gasteiger charge is -2.29. The number of nitrogens with zero attached hydrogens (tertiary/aromatic N) is 5. The van der Waals surface area contributed by atoms with Crippen molar-refractivity contribution >= 4 is 39.0 Å². The molecule has 0 spiro atoms. The molecule has 0 saturated carbocycles. The summed E-state index contributed by atoms with van der Waals surface area (Å²) in [6, 6.07) is 15.3. The molecule has 2 aliphatic rings. The van der Waals surface area contributed by atoms with Crippen LogP contribution in [0, 0.1) is 17.5 Å². The Balaban J connectivity index is 1.21. The molecule has 15 heteroatoms. The molecule has 0 bridgehead atoms. The van der Waals surface area contributed by atoms with E-state index >= 15 is 4.39 Å². The van der Waals surface area contributed by atoms with Crippen LogP contribution in [-0.2, 0) is 14.8 Å². The van der Waals surface area contributed by atoms with Crippen molar-refractivity contribution in [2.45, 2.75) is 17.7 Å². The van der Waals surface area contributed by atoms with Crippen LogP contribution in [0.15, 0.2) is 82.2 Å². The van der Waals surface area contributed by atoms with Gasteiger partial charge in [-0.3, -0.25) is 4.72 Å². The summed E-state index contributed by atoms with van der Waals surface area (Å²) in [6.07, 6.45) is 3.41. The Morgan fingerprint density at radius 2 is 1.58 bits per heavy atom. The fourth-order valence-electron chi connectivity index (χ4n) is 5.65. The van der Waals surface area contributed by atoms with Crippen molar-refractivity contribution in [3.05, 3.63) is 90.4 Å². The first-order chi connectivity index (χ1) is 23.2. The van der Waals surface area contributed by atoms with Gasteiger partial charge in [-0.2, -0.15) is 4.98 Å². The molecule has 7 rings (SSSR count). The third-order valence-corrected chi connectivity index (χ3v) is 9.45. The van der Waals surface area contributed by atoms with Gasteiger partial charge in [0.1, 0.15) is 33.7 Å². The minimum absolute atomic E-state index is 0.161. The molecule has 4 heterocycles. The van der Waals surface area contributed by atoms with Crippen LogP contribution in [0.4, 0.5) is 42.2 Å². The minimum Gasteiger partial charge on any atom is -0.421 e. The van der Waals surface area contributed by atoms with Crippen molar-refractivity contribution in [3.8, 4) is 22.7 Å². The Kier molecular flexibility index (Phi) is 8.62. The average molecular weight is 678 g/mol. The topological polar surface area (TPSA) is 126 Å². The molecule has 2 N–H and O–H groups in total. The van der Waals surface area contributed by atoms with Crippen LogP contribution in [0.25, 0.3) is 22.7 Å². The molecular formula is C33H30F3N7O4S. The molecule has 0 atom stereocenters. The van der Waals surface area contributed by atoms with E-state index in [1.165, 1.54) is 36.5 Å². The summed E-state index contributed by atoms with van der Waals surface area (Å²) >= 11 is 0. The highest BCUT2D eigenvalue weighted by Crippen LogP contribution is 2.38. The van der Waals surface area contributed by atoms with Crippen LogP contribution >= 0.6 is 0 Å². The zero-order valence-corrected chi connectivity index (χ0v) is 26.3. The summed E-state index contributed by atoms with van der Waals surface area (Å²) in [4.78, 5) is 16.9. The van der Waals surface area contributed by atoms with E-state index in [-0.39, 0.29) is 17.4 Å². The molecule has 0 amide bonds. The van der Waals surface area contributed by atoms with E-state index in [9.17, 15) is 17.2 Å². The number of benzene rings is 3. The zero-order chi connectivity index (χ0) is 33.3. The Morgan fingerprint density at radius 3 is 2.35 bits per heavy atom. The molecule has 11 nitrogen and oxygen atoms in total. The maximum absolute atomic E-state index is 15.1. The molecule has 0 radical (unpaired) electrons. The lowest BCUT2D eigenvalue weighted by Crippen LogP contribution is -2.36. The molecule has 2 saturated heterocycles. The van der Waals surface area contributed by atoms with Crippen LogP contribution in [0.3, 0.4) is 0 Å². The number of anilines is 5. The number of rotatable bonds is 9. The van der Waals surface area contributed by atoms with Gasteiger partial charge in [-0.25, -0.2) is 31.6 Å². The lowest BCUT2D eigenvalue weighted by molar-refractivity contribution is 0.122. The van der Waals surface area contributed by atoms with Gasteiger partial charge < -0.3 is 24.3 Å². The third kappa shape index (κ3) is 6.51. The van der Waals surface area contributed by atoms with Crippen molar-refractivity contribution < 1.29 is 30.7 Å². The zero-order valence-electron chi connectivity index (χ0n) is 25.5. The number of sulfonamides is 1. The molecule has 0 unspecified atom stereocenters. The number of oxazole rings is 1. The maximum atomic E-state index is 15.1. The van der Waals surface area contributed by atoms with Gasteiger partial charge in [-0.05, 0) is 67.4 Å². The lowest BCUT2D eigenvalue weighted by atomic mass is 10.1. The van der Waals surface area contributed by atoms with Gasteiger partial charge in [0, 0.05) is 43.6 Å². The summed E-state index contributed by atoms with van der Waals surface area (Å²) in [7, 11) is -4.46. The molecule has 48 heavy (non-hydrogen) atoms. The first-order valence-corrected chi connectivity index (χ1v) is 16.8. The fourth-order valence-corrected chi connectivity index (χ4v) is 6.79. The van der Waals surface area contributed by atoms with Crippen molar-refractivity contribution in [3.63, 3.8) is 0 Å². The number of aromatic nitrogens is 3. The van der Waals surface area contributed by atoms with E-state index in [1.807, 2.05) is 9.80 Å². The Morgan fingerprint density at radius 1 is 0.792 bits per heavy atom. The van der Waals surface area contributed by atoms with Crippen molar-refractivity contribution in [1.29, 1.82) is 0 Å². The first kappa shape index (κ1) is 31.4. The third-order valence-electron chi connectivity index (χ3n) is 8.05. The summed E-state index contributed by atoms with van der Waals surface area (Å²) in [5, 5.41) is 3.03. The van der Waals surface area contributed by atoms with Crippen molar-refractivity contribution in [2.24, 2.45) is 0 Å². The van der Waals surface area contributed by atoms with E-state index in [0.717, 1.165) is 44.1 Å². The fraction of sp³-hybridized carbons (Fsp3) is 0.242. The highest BCUT2D eigenvalue weighted by molar-refractivity contribution is 7.92. The second-order valence-electron chi connectivity index (χ2n) is 11.3. The molecule has 2 aliphatic heterocycles. The molecule has 0 aliphatic carbocycles. The largest absolute Gasteiger partial charge is 0.421 e. The van der Waals surface area contributed by atoms with E-state index in [0.29, 0.717) is 55.0 Å². The van der Waals surface area contributed by atoms with Gasteiger partial charge in [-0.15, -0.1) is 0 Å². The van der Waals surface area contributed by atoms with Crippen LogP contribution in [0.1, 0.15) is 12.8 Å². The Labute approximate surface area is 274 Å². The van der Waals surface area contributed by atoms with E-state index in [1.54, 1.807) is 18.2 Å². The van der Waals surface area contributed by atoms with Gasteiger partial charge in [0.2, 0.25) is 5.95 Å². The number of morpholine rings is 1. The normalized spacial score (nSPS) is 15.1. The number of ether oxygens (including phenoxy) is 1. The van der Waals surface area contributed by atoms with E-state index in [4.69, 9.17) is 14.1 Å². The minimum atomic E-state index is -4.46. The second kappa shape index (κ2) is 13.2. The molecule has 3 aromatic carbocycles. The van der Waals surface area contributed by atoms with Crippen molar-refractivity contribution in [1.82, 2.24) is 15.0 Å². The number of hydrogen-bond donors (Lipinski definition) is 2. The summed E-state index contributed by atoms with van der Waals surface area (Å²) < 4.78 is 84.1. The predicted molar refractivity (Wildman–Crippen MR) is 174 cm³/mol. The SMILES string of the molecule is O=S(=O)(Nc1cc(-c2nc(N3CCCC3)oc2-c2ccnc(Nc3ccc(N4CCOCC4)c(F)c3)n2)ccc1F)c1ccccc1F. The molecule has 248 valence electrons. The van der Waals surface area contributed by atoms with Crippen LogP contribution in [-0.4, -0.2) is 62.8 Å². The van der Waals surface area contributed by atoms with Crippen LogP contribution in [0.2, 0.25) is 0 Å². The maximum Gasteiger partial charge on any atom is 0.298 e. The monoisotopic (exact) mass is 677 g/mol. The number of halogens is 3. The Bertz CT molecular complexity index is 2070. The molecule has 5 aromatic rings. The standard InChI is InChI=1S/C33H30F3N7O4S/c34-23-9-7-21(19-27(23)41-48(44,45)29-6-2-1-5-24(29)35)30-31(47-33(40-30)43-13-3-4-14-43)26-11-12-37-32(39-26)38-22-8-10-28(25(36)20-22)42-15-17-46-18-16-42/h1-2,5-12,19-20,41H,3-4,13-18H2,(H,37,38,39). The number of hydrogen-bond acceptors (Lipinski definition) is 10. The van der Waals surface area contributed by atoms with Gasteiger partial charge >= 0.3 is 0 Å². The van der Waals surface area contributed by atoms with Crippen LogP contribution < -0.4 is 19.8 Å². The van der Waals surface area contributed by atoms with Crippen molar-refractivity contribution in [2.75, 3.05) is 59.2 Å². The van der Waals surface area contributed by atoms with Crippen LogP contribution in [0.5, 0.6) is 0 Å². The second-order valence-corrected chi connectivity index (χ2v) is 12.9. The summed E-state index contributed by atoms with van der Waals surface area (Å²) in [5.74, 6) is -1.86. The first-order valence-electron chi connectivity index (χ1n) is 15.3. The predicted octanol–water partition coefficient (Wildman–Crippen LogP) is 6.20. The summed E-state index contributed by atoms with van der Waals surface area (Å²) in [6.45, 7) is 3.71. The quantitative estimate of drug-likeness (QED) is 0.186. The highest BCUT2D eigenvalue weighted by Gasteiger charge is 2.26. The van der Waals surface area contributed by atoms with Gasteiger partial charge in [0.25, 0.3) is 16.0 Å². The summed E-state index contributed by atoms with van der Waals surface area (Å²) in [5.41, 5.74) is 1.43. The van der Waals surface area contributed by atoms with Gasteiger partial charge in [-0.1, -0.05) is 12.1 Å². The highest BCUT2D eigenvalue weighted by atomic mass is 32.2. The average Bonchev–Trinajstić information content (AvgIpc) is 3.78. The van der Waals surface area contributed by atoms with Gasteiger partial charge in [0.05, 0.1) is 24.6 Å². The molecule has 2 fully saturated rings. The molecule has 2 aromatic heterocycles. The molecular weight excluding hydrogens is 647 g/mol. The smallest absolute Gasteiger partial charge is 0.298 e. The number of nitrogens with one attached hydrogen (secondary N) is 2. The van der Waals surface area contributed by atoms with E-state index in [2.05, 4.69) is 20.0 Å². The van der Waals surface area contributed by atoms with E-state index < -0.39 is 38.1 Å². The van der Waals surface area contributed by atoms with Gasteiger partial charge in [0.15, 0.2) is 5.76 Å². The Hall–Kier alpha value is -5.15.